The Morgan fingerprint density at radius 1 is 1.31 bits per heavy atom. The lowest BCUT2D eigenvalue weighted by atomic mass is 9.88. The molecule has 1 nitrogen and oxygen atoms in total. The summed E-state index contributed by atoms with van der Waals surface area (Å²) in [6, 6.07) is 2.19. The van der Waals surface area contributed by atoms with Gasteiger partial charge in [0.25, 0.3) is 0 Å². The standard InChI is InChI=1S/C11H14BrN/c1-7-9-5-3-2-4-8(9)6-10(12)11(7)13/h6H,2-5,13H2,1H3. The van der Waals surface area contributed by atoms with Gasteiger partial charge < -0.3 is 5.73 Å². The van der Waals surface area contributed by atoms with E-state index in [4.69, 9.17) is 5.73 Å². The molecule has 1 aromatic rings. The van der Waals surface area contributed by atoms with E-state index in [1.165, 1.54) is 42.4 Å². The molecule has 0 spiro atoms. The van der Waals surface area contributed by atoms with Crippen LogP contribution in [-0.4, -0.2) is 0 Å². The molecular formula is C11H14BrN. The van der Waals surface area contributed by atoms with E-state index in [9.17, 15) is 0 Å². The molecular weight excluding hydrogens is 226 g/mol. The number of aryl methyl sites for hydroxylation is 1. The Kier molecular flexibility index (Phi) is 2.33. The van der Waals surface area contributed by atoms with Gasteiger partial charge in [0.15, 0.2) is 0 Å². The van der Waals surface area contributed by atoms with Gasteiger partial charge in [0.05, 0.1) is 0 Å². The number of nitrogen functional groups attached to an aromatic ring is 1. The van der Waals surface area contributed by atoms with Gasteiger partial charge in [-0.05, 0) is 71.3 Å². The molecule has 0 fully saturated rings. The van der Waals surface area contributed by atoms with Crippen LogP contribution in [0.15, 0.2) is 10.5 Å². The van der Waals surface area contributed by atoms with Crippen LogP contribution in [0.2, 0.25) is 0 Å². The SMILES string of the molecule is Cc1c(N)c(Br)cc2c1CCCC2. The highest BCUT2D eigenvalue weighted by Crippen LogP contribution is 2.33. The quantitative estimate of drug-likeness (QED) is 0.692. The smallest absolute Gasteiger partial charge is 0.0491 e. The van der Waals surface area contributed by atoms with Gasteiger partial charge in [0.2, 0.25) is 0 Å². The first kappa shape index (κ1) is 9.07. The Balaban J connectivity index is 2.60. The van der Waals surface area contributed by atoms with Crippen LogP contribution in [0.5, 0.6) is 0 Å². The Bertz CT molecular complexity index is 344. The number of rotatable bonds is 0. The summed E-state index contributed by atoms with van der Waals surface area (Å²) in [5, 5.41) is 0. The molecule has 0 bridgehead atoms. The number of hydrogen-bond donors (Lipinski definition) is 1. The number of fused-ring (bicyclic) bond motifs is 1. The molecule has 0 amide bonds. The monoisotopic (exact) mass is 239 g/mol. The molecule has 0 radical (unpaired) electrons. The van der Waals surface area contributed by atoms with Crippen molar-refractivity contribution >= 4 is 21.6 Å². The third-order valence-electron chi connectivity index (χ3n) is 2.93. The Labute approximate surface area is 87.5 Å². The molecule has 70 valence electrons. The first-order chi connectivity index (χ1) is 6.20. The minimum absolute atomic E-state index is 0.917. The van der Waals surface area contributed by atoms with Crippen LogP contribution in [0.25, 0.3) is 0 Å². The van der Waals surface area contributed by atoms with Crippen molar-refractivity contribution in [3.05, 3.63) is 27.2 Å². The van der Waals surface area contributed by atoms with E-state index in [1.807, 2.05) is 0 Å². The fraction of sp³-hybridized carbons (Fsp3) is 0.455. The Morgan fingerprint density at radius 2 is 2.00 bits per heavy atom. The van der Waals surface area contributed by atoms with Crippen LogP contribution in [0, 0.1) is 6.92 Å². The fourth-order valence-electron chi connectivity index (χ4n) is 2.09. The van der Waals surface area contributed by atoms with E-state index < -0.39 is 0 Å². The predicted octanol–water partition coefficient (Wildman–Crippen LogP) is 3.22. The third kappa shape index (κ3) is 1.48. The summed E-state index contributed by atoms with van der Waals surface area (Å²) in [6.07, 6.45) is 5.06. The highest BCUT2D eigenvalue weighted by atomic mass is 79.9. The van der Waals surface area contributed by atoms with Crippen molar-refractivity contribution in [1.29, 1.82) is 0 Å². The van der Waals surface area contributed by atoms with Crippen molar-refractivity contribution in [2.75, 3.05) is 5.73 Å². The maximum Gasteiger partial charge on any atom is 0.0491 e. The first-order valence-corrected chi connectivity index (χ1v) is 5.56. The molecule has 0 atom stereocenters. The maximum absolute atomic E-state index is 5.96. The zero-order valence-corrected chi connectivity index (χ0v) is 9.45. The number of halogens is 1. The molecule has 13 heavy (non-hydrogen) atoms. The molecule has 0 heterocycles. The highest BCUT2D eigenvalue weighted by Gasteiger charge is 2.14. The number of nitrogens with two attached hydrogens (primary N) is 1. The Morgan fingerprint density at radius 3 is 2.77 bits per heavy atom. The maximum atomic E-state index is 5.96. The third-order valence-corrected chi connectivity index (χ3v) is 3.58. The number of benzene rings is 1. The van der Waals surface area contributed by atoms with Crippen LogP contribution in [0.3, 0.4) is 0 Å². The molecule has 1 aliphatic rings. The summed E-state index contributed by atoms with van der Waals surface area (Å²) in [4.78, 5) is 0. The summed E-state index contributed by atoms with van der Waals surface area (Å²) < 4.78 is 1.06. The molecule has 0 saturated heterocycles. The van der Waals surface area contributed by atoms with E-state index in [1.54, 1.807) is 0 Å². The molecule has 2 N–H and O–H groups in total. The van der Waals surface area contributed by atoms with Gasteiger partial charge in [0.1, 0.15) is 0 Å². The topological polar surface area (TPSA) is 26.0 Å². The summed E-state index contributed by atoms with van der Waals surface area (Å²) in [7, 11) is 0. The normalized spacial score (nSPS) is 15.5. The number of hydrogen-bond acceptors (Lipinski definition) is 1. The van der Waals surface area contributed by atoms with Crippen molar-refractivity contribution < 1.29 is 0 Å². The lowest BCUT2D eigenvalue weighted by Crippen LogP contribution is -2.07. The second-order valence-corrected chi connectivity index (χ2v) is 4.60. The van der Waals surface area contributed by atoms with Gasteiger partial charge in [0, 0.05) is 10.2 Å². The van der Waals surface area contributed by atoms with Crippen molar-refractivity contribution in [3.8, 4) is 0 Å². The van der Waals surface area contributed by atoms with E-state index in [2.05, 4.69) is 28.9 Å². The molecule has 1 aliphatic carbocycles. The second kappa shape index (κ2) is 3.33. The molecule has 0 aromatic heterocycles. The van der Waals surface area contributed by atoms with Gasteiger partial charge >= 0.3 is 0 Å². The number of anilines is 1. The molecule has 0 aliphatic heterocycles. The van der Waals surface area contributed by atoms with Crippen LogP contribution in [0.4, 0.5) is 5.69 Å². The lowest BCUT2D eigenvalue weighted by Gasteiger charge is -2.20. The molecule has 0 saturated carbocycles. The van der Waals surface area contributed by atoms with Crippen LogP contribution < -0.4 is 5.73 Å². The van der Waals surface area contributed by atoms with E-state index >= 15 is 0 Å². The van der Waals surface area contributed by atoms with Crippen LogP contribution in [-0.2, 0) is 12.8 Å². The molecule has 1 aromatic carbocycles. The van der Waals surface area contributed by atoms with Gasteiger partial charge in [-0.1, -0.05) is 0 Å². The van der Waals surface area contributed by atoms with E-state index in [-0.39, 0.29) is 0 Å². The minimum Gasteiger partial charge on any atom is -0.398 e. The summed E-state index contributed by atoms with van der Waals surface area (Å²) in [6.45, 7) is 2.13. The largest absolute Gasteiger partial charge is 0.398 e. The van der Waals surface area contributed by atoms with Crippen molar-refractivity contribution in [2.24, 2.45) is 0 Å². The van der Waals surface area contributed by atoms with Crippen molar-refractivity contribution in [2.45, 2.75) is 32.6 Å². The molecule has 0 unspecified atom stereocenters. The highest BCUT2D eigenvalue weighted by molar-refractivity contribution is 9.10. The van der Waals surface area contributed by atoms with Gasteiger partial charge in [-0.2, -0.15) is 0 Å². The van der Waals surface area contributed by atoms with Crippen molar-refractivity contribution in [1.82, 2.24) is 0 Å². The predicted molar refractivity (Wildman–Crippen MR) is 59.9 cm³/mol. The second-order valence-electron chi connectivity index (χ2n) is 3.74. The zero-order chi connectivity index (χ0) is 9.42. The van der Waals surface area contributed by atoms with Gasteiger partial charge in [-0.3, -0.25) is 0 Å². The van der Waals surface area contributed by atoms with Crippen LogP contribution >= 0.6 is 15.9 Å². The minimum atomic E-state index is 0.917. The van der Waals surface area contributed by atoms with E-state index in [0.29, 0.717) is 0 Å². The van der Waals surface area contributed by atoms with E-state index in [0.717, 1.165) is 10.2 Å². The zero-order valence-electron chi connectivity index (χ0n) is 7.86. The summed E-state index contributed by atoms with van der Waals surface area (Å²) in [5.74, 6) is 0. The van der Waals surface area contributed by atoms with Crippen molar-refractivity contribution in [3.63, 3.8) is 0 Å². The molecule has 2 heteroatoms. The molecule has 2 rings (SSSR count). The average molecular weight is 240 g/mol. The average Bonchev–Trinajstić information content (AvgIpc) is 2.15. The Hall–Kier alpha value is -0.500. The summed E-state index contributed by atoms with van der Waals surface area (Å²) >= 11 is 3.50. The summed E-state index contributed by atoms with van der Waals surface area (Å²) in [5.41, 5.74) is 11.1. The fourth-order valence-corrected chi connectivity index (χ4v) is 2.66. The first-order valence-electron chi connectivity index (χ1n) is 4.76. The van der Waals surface area contributed by atoms with Gasteiger partial charge in [-0.15, -0.1) is 0 Å². The lowest BCUT2D eigenvalue weighted by molar-refractivity contribution is 0.682. The van der Waals surface area contributed by atoms with Crippen LogP contribution in [0.1, 0.15) is 29.5 Å². The van der Waals surface area contributed by atoms with Gasteiger partial charge in [-0.25, -0.2) is 0 Å².